The van der Waals surface area contributed by atoms with Gasteiger partial charge in [-0.05, 0) is 24.3 Å². The molecule has 164 valence electrons. The fraction of sp³-hybridized carbons (Fsp3) is 0.125. The number of hydrogen-bond acceptors (Lipinski definition) is 4. The monoisotopic (exact) mass is 444 g/mol. The smallest absolute Gasteiger partial charge is 0.450 e. The summed E-state index contributed by atoms with van der Waals surface area (Å²) in [4.78, 5) is 13.1. The largest absolute Gasteiger partial charge is 0.496 e. The predicted octanol–water partition coefficient (Wildman–Crippen LogP) is 6.21. The number of rotatable bonds is 5. The second-order valence-electron chi connectivity index (χ2n) is 6.87. The van der Waals surface area contributed by atoms with Gasteiger partial charge in [0.25, 0.3) is 0 Å². The molecule has 0 fully saturated rings. The van der Waals surface area contributed by atoms with Gasteiger partial charge in [0.2, 0.25) is 11.2 Å². The number of ether oxygens (including phenoxy) is 2. The molecule has 0 saturated carbocycles. The van der Waals surface area contributed by atoms with E-state index in [0.717, 1.165) is 0 Å². The minimum absolute atomic E-state index is 0.0298. The van der Waals surface area contributed by atoms with Crippen molar-refractivity contribution >= 4 is 11.0 Å². The van der Waals surface area contributed by atoms with Crippen LogP contribution >= 0.6 is 0 Å². The van der Waals surface area contributed by atoms with Crippen LogP contribution in [0.2, 0.25) is 0 Å². The summed E-state index contributed by atoms with van der Waals surface area (Å²) in [6.45, 7) is -0.145. The van der Waals surface area contributed by atoms with E-state index < -0.39 is 28.7 Å². The highest BCUT2D eigenvalue weighted by molar-refractivity contribution is 5.85. The molecule has 0 bridgehead atoms. The minimum atomic E-state index is -4.94. The van der Waals surface area contributed by atoms with Crippen molar-refractivity contribution < 1.29 is 31.5 Å². The second-order valence-corrected chi connectivity index (χ2v) is 6.87. The van der Waals surface area contributed by atoms with Crippen LogP contribution in [0.25, 0.3) is 22.1 Å². The maximum atomic E-state index is 13.8. The summed E-state index contributed by atoms with van der Waals surface area (Å²) in [7, 11) is 1.30. The van der Waals surface area contributed by atoms with Gasteiger partial charge in [0.1, 0.15) is 29.5 Å². The normalized spacial score (nSPS) is 11.5. The topological polar surface area (TPSA) is 48.7 Å². The van der Waals surface area contributed by atoms with Crippen LogP contribution < -0.4 is 14.9 Å². The Hall–Kier alpha value is -3.81. The Balaban J connectivity index is 1.83. The van der Waals surface area contributed by atoms with Crippen molar-refractivity contribution in [3.63, 3.8) is 0 Å². The summed E-state index contributed by atoms with van der Waals surface area (Å²) in [5.74, 6) is -1.68. The maximum absolute atomic E-state index is 13.8. The molecule has 0 saturated heterocycles. The summed E-state index contributed by atoms with van der Waals surface area (Å²) < 4.78 is 71.1. The molecule has 0 spiro atoms. The number of fused-ring (bicyclic) bond motifs is 1. The van der Waals surface area contributed by atoms with Gasteiger partial charge in [-0.2, -0.15) is 13.2 Å². The van der Waals surface area contributed by atoms with E-state index in [-0.39, 0.29) is 40.2 Å². The average molecular weight is 444 g/mol. The Bertz CT molecular complexity index is 1340. The standard InChI is InChI=1S/C24H16F4O4/c1-30-19-9-5-3-7-16(19)21-22(29)17-11-10-15(12-20(17)32-23(21)24(26,27)28)31-13-14-6-2-4-8-18(14)25/h2-12H,13H2,1H3. The highest BCUT2D eigenvalue weighted by Gasteiger charge is 2.40. The zero-order valence-electron chi connectivity index (χ0n) is 16.7. The second kappa shape index (κ2) is 8.37. The zero-order valence-corrected chi connectivity index (χ0v) is 16.7. The fourth-order valence-corrected chi connectivity index (χ4v) is 3.34. The van der Waals surface area contributed by atoms with Gasteiger partial charge in [-0.25, -0.2) is 4.39 Å². The molecule has 3 aromatic carbocycles. The van der Waals surface area contributed by atoms with E-state index in [2.05, 4.69) is 0 Å². The zero-order chi connectivity index (χ0) is 22.9. The maximum Gasteiger partial charge on any atom is 0.450 e. The van der Waals surface area contributed by atoms with E-state index in [0.29, 0.717) is 0 Å². The summed E-state index contributed by atoms with van der Waals surface area (Å²) >= 11 is 0. The third kappa shape index (κ3) is 4.03. The summed E-state index contributed by atoms with van der Waals surface area (Å²) in [6, 6.07) is 15.8. The summed E-state index contributed by atoms with van der Waals surface area (Å²) in [6.07, 6.45) is -4.94. The van der Waals surface area contributed by atoms with Crippen LogP contribution in [-0.2, 0) is 12.8 Å². The van der Waals surface area contributed by atoms with Gasteiger partial charge in [-0.15, -0.1) is 0 Å². The van der Waals surface area contributed by atoms with Crippen LogP contribution in [0.1, 0.15) is 11.3 Å². The van der Waals surface area contributed by atoms with Gasteiger partial charge in [0.15, 0.2) is 0 Å². The molecule has 0 radical (unpaired) electrons. The molecule has 4 aromatic rings. The van der Waals surface area contributed by atoms with E-state index in [1.807, 2.05) is 0 Å². The molecular weight excluding hydrogens is 428 g/mol. The molecule has 4 rings (SSSR count). The Labute approximate surface area is 179 Å². The molecule has 0 unspecified atom stereocenters. The third-order valence-corrected chi connectivity index (χ3v) is 4.85. The molecule has 0 aliphatic carbocycles. The van der Waals surface area contributed by atoms with Crippen LogP contribution in [0, 0.1) is 5.82 Å². The third-order valence-electron chi connectivity index (χ3n) is 4.85. The first-order valence-electron chi connectivity index (χ1n) is 9.47. The quantitative estimate of drug-likeness (QED) is 0.344. The number of alkyl halides is 3. The average Bonchev–Trinajstić information content (AvgIpc) is 2.77. The van der Waals surface area contributed by atoms with Crippen LogP contribution in [0.5, 0.6) is 11.5 Å². The Morgan fingerprint density at radius 1 is 0.969 bits per heavy atom. The van der Waals surface area contributed by atoms with Crippen molar-refractivity contribution in [2.24, 2.45) is 0 Å². The number of benzene rings is 3. The van der Waals surface area contributed by atoms with Crippen molar-refractivity contribution in [3.05, 3.63) is 94.1 Å². The molecule has 8 heteroatoms. The van der Waals surface area contributed by atoms with Crippen molar-refractivity contribution in [1.29, 1.82) is 0 Å². The van der Waals surface area contributed by atoms with Crippen LogP contribution in [-0.4, -0.2) is 7.11 Å². The first-order chi connectivity index (χ1) is 15.3. The molecule has 0 aliphatic rings. The fourth-order valence-electron chi connectivity index (χ4n) is 3.34. The van der Waals surface area contributed by atoms with Gasteiger partial charge in [-0.3, -0.25) is 4.79 Å². The lowest BCUT2D eigenvalue weighted by Crippen LogP contribution is -2.16. The number of hydrogen-bond donors (Lipinski definition) is 0. The summed E-state index contributed by atoms with van der Waals surface area (Å²) in [5, 5.41) is -0.0582. The lowest BCUT2D eigenvalue weighted by Gasteiger charge is -2.15. The molecule has 0 N–H and O–H groups in total. The van der Waals surface area contributed by atoms with Gasteiger partial charge < -0.3 is 13.9 Å². The molecule has 1 heterocycles. The molecule has 4 nitrogen and oxygen atoms in total. The Morgan fingerprint density at radius 3 is 2.41 bits per heavy atom. The lowest BCUT2D eigenvalue weighted by atomic mass is 10.0. The van der Waals surface area contributed by atoms with E-state index in [1.165, 1.54) is 61.7 Å². The Morgan fingerprint density at radius 2 is 1.69 bits per heavy atom. The SMILES string of the molecule is COc1ccccc1-c1c(C(F)(F)F)oc2cc(OCc3ccccc3F)ccc2c1=O. The number of halogens is 4. The van der Waals surface area contributed by atoms with Gasteiger partial charge >= 0.3 is 6.18 Å². The van der Waals surface area contributed by atoms with Crippen molar-refractivity contribution in [3.8, 4) is 22.6 Å². The van der Waals surface area contributed by atoms with Crippen LogP contribution in [0.3, 0.4) is 0 Å². The predicted molar refractivity (Wildman–Crippen MR) is 110 cm³/mol. The van der Waals surface area contributed by atoms with Crippen molar-refractivity contribution in [1.82, 2.24) is 0 Å². The molecule has 1 aromatic heterocycles. The molecule has 0 atom stereocenters. The first-order valence-corrected chi connectivity index (χ1v) is 9.47. The van der Waals surface area contributed by atoms with Crippen molar-refractivity contribution in [2.75, 3.05) is 7.11 Å². The van der Waals surface area contributed by atoms with E-state index in [9.17, 15) is 22.4 Å². The van der Waals surface area contributed by atoms with Crippen molar-refractivity contribution in [2.45, 2.75) is 12.8 Å². The highest BCUT2D eigenvalue weighted by atomic mass is 19.4. The van der Waals surface area contributed by atoms with Gasteiger partial charge in [0, 0.05) is 17.2 Å². The van der Waals surface area contributed by atoms with Crippen LogP contribution in [0.15, 0.2) is 75.9 Å². The van der Waals surface area contributed by atoms with E-state index in [1.54, 1.807) is 12.1 Å². The highest BCUT2D eigenvalue weighted by Crippen LogP contribution is 2.40. The van der Waals surface area contributed by atoms with Crippen LogP contribution in [0.4, 0.5) is 17.6 Å². The molecule has 32 heavy (non-hydrogen) atoms. The molecular formula is C24H16F4O4. The van der Waals surface area contributed by atoms with Gasteiger partial charge in [-0.1, -0.05) is 36.4 Å². The molecule has 0 aliphatic heterocycles. The Kier molecular flexibility index (Phi) is 5.61. The van der Waals surface area contributed by atoms with Gasteiger partial charge in [0.05, 0.1) is 18.1 Å². The number of para-hydroxylation sites is 1. The van der Waals surface area contributed by atoms with E-state index >= 15 is 0 Å². The molecule has 0 amide bonds. The van der Waals surface area contributed by atoms with E-state index in [4.69, 9.17) is 13.9 Å². The summed E-state index contributed by atoms with van der Waals surface area (Å²) in [5.41, 5.74) is -1.55. The number of methoxy groups -OCH3 is 1. The lowest BCUT2D eigenvalue weighted by molar-refractivity contribution is -0.152. The first kappa shape index (κ1) is 21.4. The minimum Gasteiger partial charge on any atom is -0.496 e.